The van der Waals surface area contributed by atoms with E-state index in [-0.39, 0.29) is 17.5 Å². The number of hydrogen-bond donors (Lipinski definition) is 4. The van der Waals surface area contributed by atoms with Gasteiger partial charge in [0.15, 0.2) is 0 Å². The van der Waals surface area contributed by atoms with Crippen molar-refractivity contribution >= 4 is 43.2 Å². The summed E-state index contributed by atoms with van der Waals surface area (Å²) in [6.07, 6.45) is 2.09. The van der Waals surface area contributed by atoms with Gasteiger partial charge in [-0.15, -0.1) is 11.3 Å². The Bertz CT molecular complexity index is 1460. The van der Waals surface area contributed by atoms with E-state index in [2.05, 4.69) is 36.4 Å². The molecule has 2 aliphatic carbocycles. The number of pyridine rings is 1. The molecular formula is C27H38N6O4S2. The summed E-state index contributed by atoms with van der Waals surface area (Å²) >= 11 is 1.55. The van der Waals surface area contributed by atoms with Gasteiger partial charge in [0.2, 0.25) is 5.95 Å². The van der Waals surface area contributed by atoms with Gasteiger partial charge in [0.05, 0.1) is 39.5 Å². The lowest BCUT2D eigenvalue weighted by molar-refractivity contribution is 0.0216. The lowest BCUT2D eigenvalue weighted by Gasteiger charge is -2.23. The van der Waals surface area contributed by atoms with E-state index in [0.29, 0.717) is 30.0 Å². The second-order valence-electron chi connectivity index (χ2n) is 11.3. The second-order valence-corrected chi connectivity index (χ2v) is 14.7. The van der Waals surface area contributed by atoms with E-state index in [0.717, 1.165) is 45.0 Å². The first kappa shape index (κ1) is 28.1. The molecule has 5 unspecified atom stereocenters. The number of anilines is 2. The number of sulfone groups is 1. The van der Waals surface area contributed by atoms with Crippen LogP contribution in [0.2, 0.25) is 0 Å². The normalized spacial score (nSPS) is 24.4. The van der Waals surface area contributed by atoms with Crippen molar-refractivity contribution in [2.75, 3.05) is 22.1 Å². The van der Waals surface area contributed by atoms with E-state index < -0.39 is 34.0 Å². The highest BCUT2D eigenvalue weighted by Crippen LogP contribution is 2.44. The minimum Gasteiger partial charge on any atom is -0.390 e. The Hall–Kier alpha value is -2.41. The molecule has 5 atom stereocenters. The Morgan fingerprint density at radius 2 is 1.87 bits per heavy atom. The predicted octanol–water partition coefficient (Wildman–Crippen LogP) is 3.75. The van der Waals surface area contributed by atoms with Crippen molar-refractivity contribution in [2.45, 2.75) is 84.1 Å². The zero-order valence-corrected chi connectivity index (χ0v) is 24.7. The molecule has 3 aromatic heterocycles. The van der Waals surface area contributed by atoms with Crippen molar-refractivity contribution in [3.63, 3.8) is 0 Å². The van der Waals surface area contributed by atoms with E-state index in [1.807, 2.05) is 19.2 Å². The molecule has 0 saturated heterocycles. The lowest BCUT2D eigenvalue weighted by Crippen LogP contribution is -2.36. The van der Waals surface area contributed by atoms with Gasteiger partial charge in [0, 0.05) is 29.8 Å². The molecule has 3 heterocycles. The van der Waals surface area contributed by atoms with Gasteiger partial charge >= 0.3 is 0 Å². The molecule has 2 aliphatic rings. The average Bonchev–Trinajstić information content (AvgIpc) is 3.58. The maximum atomic E-state index is 12.3. The number of nitrogens with one attached hydrogen (secondary N) is 2. The van der Waals surface area contributed by atoms with Gasteiger partial charge in [-0.05, 0) is 45.1 Å². The van der Waals surface area contributed by atoms with Gasteiger partial charge in [-0.1, -0.05) is 20.8 Å². The van der Waals surface area contributed by atoms with Crippen LogP contribution in [0.5, 0.6) is 0 Å². The quantitative estimate of drug-likeness (QED) is 0.282. The van der Waals surface area contributed by atoms with Crippen LogP contribution in [-0.2, 0) is 9.84 Å². The van der Waals surface area contributed by atoms with Gasteiger partial charge in [-0.25, -0.2) is 18.4 Å². The largest absolute Gasteiger partial charge is 0.390 e. The third-order valence-corrected chi connectivity index (χ3v) is 10.8. The first-order valence-electron chi connectivity index (χ1n) is 13.7. The molecule has 12 heteroatoms. The zero-order valence-electron chi connectivity index (χ0n) is 23.0. The fourth-order valence-electron chi connectivity index (χ4n) is 5.06. The highest BCUT2D eigenvalue weighted by molar-refractivity contribution is 7.91. The van der Waals surface area contributed by atoms with Crippen molar-refractivity contribution in [1.82, 2.24) is 19.9 Å². The fraction of sp³-hybridized carbons (Fsp3) is 0.630. The molecule has 0 aromatic carbocycles. The van der Waals surface area contributed by atoms with Crippen LogP contribution in [0.25, 0.3) is 20.8 Å². The molecule has 2 fully saturated rings. The summed E-state index contributed by atoms with van der Waals surface area (Å²) < 4.78 is 25.6. The molecule has 212 valence electrons. The molecule has 2 saturated carbocycles. The van der Waals surface area contributed by atoms with E-state index in [4.69, 9.17) is 15.0 Å². The second kappa shape index (κ2) is 10.9. The Morgan fingerprint density at radius 1 is 1.13 bits per heavy atom. The summed E-state index contributed by atoms with van der Waals surface area (Å²) in [5.41, 5.74) is 3.39. The zero-order chi connectivity index (χ0) is 28.1. The topological polar surface area (TPSA) is 150 Å². The van der Waals surface area contributed by atoms with Crippen molar-refractivity contribution in [2.24, 2.45) is 11.8 Å². The van der Waals surface area contributed by atoms with Gasteiger partial charge in [0.25, 0.3) is 0 Å². The number of aliphatic hydroxyl groups is 2. The molecule has 3 aromatic rings. The average molecular weight is 575 g/mol. The fourth-order valence-corrected chi connectivity index (χ4v) is 7.35. The van der Waals surface area contributed by atoms with Crippen LogP contribution < -0.4 is 10.6 Å². The van der Waals surface area contributed by atoms with Crippen LogP contribution >= 0.6 is 11.3 Å². The molecule has 4 N–H and O–H groups in total. The van der Waals surface area contributed by atoms with Crippen LogP contribution in [0.3, 0.4) is 0 Å². The first-order valence-corrected chi connectivity index (χ1v) is 16.3. The summed E-state index contributed by atoms with van der Waals surface area (Å²) in [5.74, 6) is 1.03. The Balaban J connectivity index is 1.53. The summed E-state index contributed by atoms with van der Waals surface area (Å²) in [7, 11) is -3.31. The maximum absolute atomic E-state index is 12.3. The van der Waals surface area contributed by atoms with Crippen LogP contribution in [0.4, 0.5) is 11.8 Å². The van der Waals surface area contributed by atoms with Crippen LogP contribution in [0.15, 0.2) is 12.3 Å². The highest BCUT2D eigenvalue weighted by atomic mass is 32.2. The molecule has 39 heavy (non-hydrogen) atoms. The summed E-state index contributed by atoms with van der Waals surface area (Å²) in [4.78, 5) is 19.2. The Labute approximate surface area is 233 Å². The molecule has 0 radical (unpaired) electrons. The van der Waals surface area contributed by atoms with Gasteiger partial charge < -0.3 is 20.8 Å². The van der Waals surface area contributed by atoms with Gasteiger partial charge in [0.1, 0.15) is 32.3 Å². The number of nitrogens with zero attached hydrogens (tertiary/aromatic N) is 4. The van der Waals surface area contributed by atoms with E-state index in [1.54, 1.807) is 18.3 Å². The lowest BCUT2D eigenvalue weighted by atomic mass is 10.1. The summed E-state index contributed by atoms with van der Waals surface area (Å²) in [6.45, 7) is 9.81. The molecule has 0 amide bonds. The van der Waals surface area contributed by atoms with Crippen molar-refractivity contribution in [3.05, 3.63) is 23.7 Å². The van der Waals surface area contributed by atoms with E-state index in [1.165, 1.54) is 0 Å². The standard InChI is InChI=1S/C27H38N6O4S2/c1-6-39(36,37)12-17-11-18(24(35)23(17)34)31-25-20(15(5)30-27(33-25)29-14(4)13(2)3)26-32-22-19(38-26)9-10-28-21(22)16-7-8-16/h9-10,13-14,16-18,23-24,34-35H,6-8,11-12H2,1-5H3,(H2,29,30,31,33). The van der Waals surface area contributed by atoms with Gasteiger partial charge in [-0.3, -0.25) is 4.98 Å². The number of aliphatic hydroxyl groups excluding tert-OH is 2. The summed E-state index contributed by atoms with van der Waals surface area (Å²) in [5, 5.41) is 29.1. The number of fused-ring (bicyclic) bond motifs is 1. The van der Waals surface area contributed by atoms with Crippen molar-refractivity contribution < 1.29 is 18.6 Å². The Kier molecular flexibility index (Phi) is 7.84. The monoisotopic (exact) mass is 574 g/mol. The minimum atomic E-state index is -3.31. The van der Waals surface area contributed by atoms with Crippen LogP contribution in [0.1, 0.15) is 64.3 Å². The number of thiazole rings is 1. The molecule has 0 aliphatic heterocycles. The van der Waals surface area contributed by atoms with Crippen molar-refractivity contribution in [3.8, 4) is 10.6 Å². The minimum absolute atomic E-state index is 0.00195. The predicted molar refractivity (Wildman–Crippen MR) is 155 cm³/mol. The third kappa shape index (κ3) is 5.89. The van der Waals surface area contributed by atoms with Crippen LogP contribution in [0, 0.1) is 18.8 Å². The Morgan fingerprint density at radius 3 is 2.54 bits per heavy atom. The van der Waals surface area contributed by atoms with Gasteiger partial charge in [-0.2, -0.15) is 4.98 Å². The molecule has 5 rings (SSSR count). The van der Waals surface area contributed by atoms with Crippen molar-refractivity contribution in [1.29, 1.82) is 0 Å². The SMILES string of the molecule is CCS(=O)(=O)CC1CC(Nc2nc(NC(C)C(C)C)nc(C)c2-c2nc3c(C4CC4)nccc3s2)C(O)C1O. The number of aromatic nitrogens is 4. The molecular weight excluding hydrogens is 536 g/mol. The maximum Gasteiger partial charge on any atom is 0.225 e. The molecule has 0 spiro atoms. The number of hydrogen-bond acceptors (Lipinski definition) is 11. The number of aryl methyl sites for hydroxylation is 1. The number of rotatable bonds is 10. The smallest absolute Gasteiger partial charge is 0.225 e. The van der Waals surface area contributed by atoms with E-state index in [9.17, 15) is 18.6 Å². The molecule has 0 bridgehead atoms. The highest BCUT2D eigenvalue weighted by Gasteiger charge is 2.43. The summed E-state index contributed by atoms with van der Waals surface area (Å²) in [6, 6.07) is 1.51. The molecule has 10 nitrogen and oxygen atoms in total. The first-order chi connectivity index (χ1) is 18.5. The van der Waals surface area contributed by atoms with E-state index >= 15 is 0 Å². The third-order valence-electron chi connectivity index (χ3n) is 7.99. The van der Waals surface area contributed by atoms with Crippen LogP contribution in [-0.4, -0.2) is 74.4 Å².